The zero-order chi connectivity index (χ0) is 8.97. The van der Waals surface area contributed by atoms with Crippen molar-refractivity contribution >= 4 is 21.7 Å². The Morgan fingerprint density at radius 2 is 2.42 bits per heavy atom. The van der Waals surface area contributed by atoms with Crippen molar-refractivity contribution in [2.75, 3.05) is 11.9 Å². The summed E-state index contributed by atoms with van der Waals surface area (Å²) in [5, 5.41) is 3.10. The fourth-order valence-electron chi connectivity index (χ4n) is 0.672. The van der Waals surface area contributed by atoms with Gasteiger partial charge in [-0.3, -0.25) is 0 Å². The van der Waals surface area contributed by atoms with E-state index in [9.17, 15) is 0 Å². The Morgan fingerprint density at radius 1 is 1.67 bits per heavy atom. The van der Waals surface area contributed by atoms with E-state index in [1.807, 2.05) is 13.0 Å². The Kier molecular flexibility index (Phi) is 3.22. The quantitative estimate of drug-likeness (QED) is 0.636. The van der Waals surface area contributed by atoms with Crippen molar-refractivity contribution in [3.8, 4) is 0 Å². The van der Waals surface area contributed by atoms with Crippen molar-refractivity contribution in [2.45, 2.75) is 6.92 Å². The van der Waals surface area contributed by atoms with Crippen LogP contribution in [0.15, 0.2) is 29.1 Å². The highest BCUT2D eigenvalue weighted by Gasteiger charge is 1.93. The summed E-state index contributed by atoms with van der Waals surface area (Å²) < 4.78 is 0.779. The van der Waals surface area contributed by atoms with Gasteiger partial charge >= 0.3 is 0 Å². The number of halogens is 1. The van der Waals surface area contributed by atoms with Crippen molar-refractivity contribution in [1.29, 1.82) is 0 Å². The average molecular weight is 228 g/mol. The largest absolute Gasteiger partial charge is 0.366 e. The fraction of sp³-hybridized carbons (Fsp3) is 0.250. The number of anilines is 1. The first-order valence-electron chi connectivity index (χ1n) is 3.54. The van der Waals surface area contributed by atoms with Gasteiger partial charge < -0.3 is 5.32 Å². The molecule has 0 bridgehead atoms. The molecule has 0 amide bonds. The molecule has 4 heteroatoms. The minimum atomic E-state index is 0.740. The number of hydrogen-bond donors (Lipinski definition) is 1. The number of nitrogens with zero attached hydrogens (tertiary/aromatic N) is 2. The molecule has 0 aliphatic heterocycles. The van der Waals surface area contributed by atoms with Crippen LogP contribution < -0.4 is 5.32 Å². The van der Waals surface area contributed by atoms with Gasteiger partial charge in [0.2, 0.25) is 0 Å². The van der Waals surface area contributed by atoms with Gasteiger partial charge in [0.25, 0.3) is 0 Å². The molecule has 64 valence electrons. The van der Waals surface area contributed by atoms with Gasteiger partial charge in [0.15, 0.2) is 0 Å². The third-order valence-electron chi connectivity index (χ3n) is 1.20. The molecule has 1 N–H and O–H groups in total. The van der Waals surface area contributed by atoms with Crippen LogP contribution in [-0.2, 0) is 0 Å². The molecular formula is C8H10BrN3. The van der Waals surface area contributed by atoms with Crippen molar-refractivity contribution < 1.29 is 0 Å². The van der Waals surface area contributed by atoms with Crippen LogP contribution in [0.2, 0.25) is 0 Å². The molecular weight excluding hydrogens is 218 g/mol. The second-order valence-electron chi connectivity index (χ2n) is 2.54. The maximum absolute atomic E-state index is 4.02. The van der Waals surface area contributed by atoms with E-state index in [1.165, 1.54) is 6.33 Å². The van der Waals surface area contributed by atoms with Gasteiger partial charge in [-0.15, -0.1) is 0 Å². The first-order valence-corrected chi connectivity index (χ1v) is 4.33. The van der Waals surface area contributed by atoms with E-state index in [0.29, 0.717) is 0 Å². The molecule has 0 spiro atoms. The van der Waals surface area contributed by atoms with E-state index in [-0.39, 0.29) is 0 Å². The number of rotatable bonds is 3. The number of hydrogen-bond acceptors (Lipinski definition) is 3. The molecule has 0 fully saturated rings. The maximum atomic E-state index is 4.02. The van der Waals surface area contributed by atoms with Crippen molar-refractivity contribution in [2.24, 2.45) is 0 Å². The van der Waals surface area contributed by atoms with Crippen LogP contribution in [0.4, 0.5) is 5.82 Å². The lowest BCUT2D eigenvalue weighted by Gasteiger charge is -2.03. The summed E-state index contributed by atoms with van der Waals surface area (Å²) in [6.07, 6.45) is 1.50. The molecule has 0 aliphatic carbocycles. The maximum Gasteiger partial charge on any atom is 0.130 e. The van der Waals surface area contributed by atoms with Crippen LogP contribution in [0.1, 0.15) is 6.92 Å². The smallest absolute Gasteiger partial charge is 0.130 e. The molecule has 0 atom stereocenters. The number of nitrogens with one attached hydrogen (secondary N) is 1. The summed E-state index contributed by atoms with van der Waals surface area (Å²) in [7, 11) is 0. The highest BCUT2D eigenvalue weighted by molar-refractivity contribution is 9.10. The predicted octanol–water partition coefficient (Wildman–Crippen LogP) is 2.23. The summed E-state index contributed by atoms with van der Waals surface area (Å²) in [4.78, 5) is 7.93. The van der Waals surface area contributed by atoms with Crippen molar-refractivity contribution in [3.05, 3.63) is 29.1 Å². The van der Waals surface area contributed by atoms with E-state index in [1.54, 1.807) is 0 Å². The summed E-state index contributed by atoms with van der Waals surface area (Å²) in [5.74, 6) is 0.805. The van der Waals surface area contributed by atoms with Crippen molar-refractivity contribution in [1.82, 2.24) is 9.97 Å². The Bertz CT molecular complexity index is 285. The highest BCUT2D eigenvalue weighted by atomic mass is 79.9. The Balaban J connectivity index is 2.57. The van der Waals surface area contributed by atoms with Gasteiger partial charge in [0.05, 0.1) is 0 Å². The minimum Gasteiger partial charge on any atom is -0.366 e. The van der Waals surface area contributed by atoms with E-state index >= 15 is 0 Å². The van der Waals surface area contributed by atoms with Crippen LogP contribution >= 0.6 is 15.9 Å². The summed E-state index contributed by atoms with van der Waals surface area (Å²) in [6.45, 7) is 6.48. The lowest BCUT2D eigenvalue weighted by Crippen LogP contribution is -2.03. The van der Waals surface area contributed by atoms with Gasteiger partial charge in [0.1, 0.15) is 16.7 Å². The van der Waals surface area contributed by atoms with Crippen molar-refractivity contribution in [3.63, 3.8) is 0 Å². The molecule has 1 rings (SSSR count). The molecule has 1 aromatic rings. The lowest BCUT2D eigenvalue weighted by molar-refractivity contribution is 1.10. The van der Waals surface area contributed by atoms with Crippen LogP contribution in [0.25, 0.3) is 0 Å². The Hall–Kier alpha value is -0.900. The Labute approximate surface area is 80.1 Å². The molecule has 0 unspecified atom stereocenters. The zero-order valence-electron chi connectivity index (χ0n) is 6.84. The topological polar surface area (TPSA) is 37.8 Å². The second-order valence-corrected chi connectivity index (χ2v) is 3.35. The fourth-order valence-corrected chi connectivity index (χ4v) is 0.980. The first-order chi connectivity index (χ1) is 5.68. The Morgan fingerprint density at radius 3 is 3.00 bits per heavy atom. The third kappa shape index (κ3) is 3.00. The van der Waals surface area contributed by atoms with E-state index < -0.39 is 0 Å². The lowest BCUT2D eigenvalue weighted by atomic mass is 10.3. The minimum absolute atomic E-state index is 0.740. The second kappa shape index (κ2) is 4.21. The van der Waals surface area contributed by atoms with E-state index in [0.717, 1.165) is 22.5 Å². The molecule has 12 heavy (non-hydrogen) atoms. The summed E-state index contributed by atoms with van der Waals surface area (Å²) >= 11 is 3.26. The zero-order valence-corrected chi connectivity index (χ0v) is 8.43. The van der Waals surface area contributed by atoms with E-state index in [4.69, 9.17) is 0 Å². The number of aromatic nitrogens is 2. The molecule has 1 aromatic heterocycles. The summed E-state index contributed by atoms with van der Waals surface area (Å²) in [5.41, 5.74) is 1.07. The van der Waals surface area contributed by atoms with Gasteiger partial charge in [-0.05, 0) is 22.9 Å². The first kappa shape index (κ1) is 9.19. The van der Waals surface area contributed by atoms with Gasteiger partial charge in [-0.1, -0.05) is 12.2 Å². The molecule has 0 aromatic carbocycles. The average Bonchev–Trinajstić information content (AvgIpc) is 2.01. The van der Waals surface area contributed by atoms with Crippen LogP contribution in [0.3, 0.4) is 0 Å². The predicted molar refractivity (Wildman–Crippen MR) is 53.0 cm³/mol. The summed E-state index contributed by atoms with van der Waals surface area (Å²) in [6, 6.07) is 1.82. The standard InChI is InChI=1S/C8H10BrN3/c1-6(2)4-10-8-3-7(9)11-5-12-8/h3,5H,1,4H2,2H3,(H,10,11,12). The van der Waals surface area contributed by atoms with Gasteiger partial charge in [0, 0.05) is 12.6 Å². The normalized spacial score (nSPS) is 9.50. The highest BCUT2D eigenvalue weighted by Crippen LogP contribution is 2.09. The van der Waals surface area contributed by atoms with Crippen LogP contribution in [-0.4, -0.2) is 16.5 Å². The molecule has 0 radical (unpaired) electrons. The SMILES string of the molecule is C=C(C)CNc1cc(Br)ncn1. The molecule has 0 aliphatic rings. The molecule has 3 nitrogen and oxygen atoms in total. The van der Waals surface area contributed by atoms with Gasteiger partial charge in [-0.25, -0.2) is 9.97 Å². The van der Waals surface area contributed by atoms with E-state index in [2.05, 4.69) is 37.8 Å². The molecule has 1 heterocycles. The molecule has 0 saturated heterocycles. The molecule has 0 saturated carbocycles. The third-order valence-corrected chi connectivity index (χ3v) is 1.64. The van der Waals surface area contributed by atoms with Crippen LogP contribution in [0, 0.1) is 0 Å². The van der Waals surface area contributed by atoms with Crippen LogP contribution in [0.5, 0.6) is 0 Å². The monoisotopic (exact) mass is 227 g/mol. The van der Waals surface area contributed by atoms with Gasteiger partial charge in [-0.2, -0.15) is 0 Å².